The summed E-state index contributed by atoms with van der Waals surface area (Å²) in [4.78, 5) is 14.3. The average Bonchev–Trinajstić information content (AvgIpc) is 2.60. The van der Waals surface area contributed by atoms with Crippen molar-refractivity contribution in [1.82, 2.24) is 0 Å². The SMILES string of the molecule is CCOC(=O)c1ccc(Sc2cccc3c2C(C)(C)CCC3(C)C)cc1. The zero-order valence-corrected chi connectivity index (χ0v) is 17.2. The molecule has 0 unspecified atom stereocenters. The summed E-state index contributed by atoms with van der Waals surface area (Å²) in [6.45, 7) is 11.6. The third kappa shape index (κ3) is 3.68. The van der Waals surface area contributed by atoms with Gasteiger partial charge in [-0.05, 0) is 72.1 Å². The van der Waals surface area contributed by atoms with E-state index in [1.54, 1.807) is 11.8 Å². The van der Waals surface area contributed by atoms with E-state index in [1.165, 1.54) is 28.9 Å². The Hall–Kier alpha value is -1.74. The highest BCUT2D eigenvalue weighted by molar-refractivity contribution is 7.99. The van der Waals surface area contributed by atoms with Crippen LogP contribution in [0.3, 0.4) is 0 Å². The van der Waals surface area contributed by atoms with Gasteiger partial charge in [-0.3, -0.25) is 0 Å². The summed E-state index contributed by atoms with van der Waals surface area (Å²) in [6, 6.07) is 14.4. The summed E-state index contributed by atoms with van der Waals surface area (Å²) < 4.78 is 5.06. The minimum Gasteiger partial charge on any atom is -0.462 e. The van der Waals surface area contributed by atoms with Gasteiger partial charge < -0.3 is 4.74 Å². The summed E-state index contributed by atoms with van der Waals surface area (Å²) in [6.07, 6.45) is 2.42. The molecule has 26 heavy (non-hydrogen) atoms. The lowest BCUT2D eigenvalue weighted by molar-refractivity contribution is 0.0526. The number of carbonyl (C=O) groups excluding carboxylic acids is 1. The molecular formula is C23H28O2S. The average molecular weight is 369 g/mol. The number of esters is 1. The molecule has 0 spiro atoms. The highest BCUT2D eigenvalue weighted by atomic mass is 32.2. The van der Waals surface area contributed by atoms with Crippen LogP contribution >= 0.6 is 11.8 Å². The van der Waals surface area contributed by atoms with E-state index in [2.05, 4.69) is 45.9 Å². The number of fused-ring (bicyclic) bond motifs is 1. The van der Waals surface area contributed by atoms with Gasteiger partial charge in [-0.25, -0.2) is 4.79 Å². The molecule has 2 aromatic carbocycles. The fourth-order valence-electron chi connectivity index (χ4n) is 3.76. The minimum atomic E-state index is -0.260. The van der Waals surface area contributed by atoms with Gasteiger partial charge in [0.1, 0.15) is 0 Å². The summed E-state index contributed by atoms with van der Waals surface area (Å²) in [7, 11) is 0. The highest BCUT2D eigenvalue weighted by Crippen LogP contribution is 2.49. The predicted octanol–water partition coefficient (Wildman–Crippen LogP) is 6.36. The first kappa shape index (κ1) is 19.0. The van der Waals surface area contributed by atoms with Crippen LogP contribution in [0.25, 0.3) is 0 Å². The standard InChI is InChI=1S/C23H28O2S/c1-6-25-21(24)16-10-12-17(13-11-16)26-19-9-7-8-18-20(19)23(4,5)15-14-22(18,2)3/h7-13H,6,14-15H2,1-5H3. The molecule has 0 saturated carbocycles. The van der Waals surface area contributed by atoms with Crippen LogP contribution in [-0.2, 0) is 15.6 Å². The van der Waals surface area contributed by atoms with Crippen LogP contribution in [-0.4, -0.2) is 12.6 Å². The van der Waals surface area contributed by atoms with E-state index in [1.807, 2.05) is 31.2 Å². The van der Waals surface area contributed by atoms with Crippen molar-refractivity contribution in [3.8, 4) is 0 Å². The Labute approximate surface area is 161 Å². The Morgan fingerprint density at radius 3 is 2.31 bits per heavy atom. The molecule has 1 aliphatic rings. The van der Waals surface area contributed by atoms with Crippen molar-refractivity contribution >= 4 is 17.7 Å². The van der Waals surface area contributed by atoms with E-state index < -0.39 is 0 Å². The second kappa shape index (κ2) is 7.11. The Morgan fingerprint density at radius 1 is 1.00 bits per heavy atom. The third-order valence-electron chi connectivity index (χ3n) is 5.40. The van der Waals surface area contributed by atoms with Crippen LogP contribution in [0.2, 0.25) is 0 Å². The number of benzene rings is 2. The van der Waals surface area contributed by atoms with E-state index in [9.17, 15) is 4.79 Å². The maximum Gasteiger partial charge on any atom is 0.338 e. The number of hydrogen-bond donors (Lipinski definition) is 0. The molecule has 1 aliphatic carbocycles. The molecule has 138 valence electrons. The fourth-order valence-corrected chi connectivity index (χ4v) is 4.92. The molecule has 0 heterocycles. The second-order valence-electron chi connectivity index (χ2n) is 8.29. The molecule has 0 aromatic heterocycles. The minimum absolute atomic E-state index is 0.180. The van der Waals surface area contributed by atoms with Crippen LogP contribution in [0.5, 0.6) is 0 Å². The Bertz CT molecular complexity index is 803. The molecule has 0 bridgehead atoms. The van der Waals surface area contributed by atoms with Crippen LogP contribution in [0, 0.1) is 0 Å². The van der Waals surface area contributed by atoms with Crippen molar-refractivity contribution in [2.24, 2.45) is 0 Å². The van der Waals surface area contributed by atoms with Crippen LogP contribution < -0.4 is 0 Å². The van der Waals surface area contributed by atoms with Crippen LogP contribution in [0.1, 0.15) is 68.9 Å². The lowest BCUT2D eigenvalue weighted by Gasteiger charge is -2.42. The number of hydrogen-bond acceptors (Lipinski definition) is 3. The second-order valence-corrected chi connectivity index (χ2v) is 9.41. The summed E-state index contributed by atoms with van der Waals surface area (Å²) >= 11 is 1.79. The van der Waals surface area contributed by atoms with E-state index in [0.717, 1.165) is 4.90 Å². The molecule has 3 heteroatoms. The quantitative estimate of drug-likeness (QED) is 0.587. The van der Waals surface area contributed by atoms with E-state index >= 15 is 0 Å². The molecule has 2 aromatic rings. The molecule has 0 saturated heterocycles. The zero-order chi connectivity index (χ0) is 18.9. The molecule has 3 rings (SSSR count). The normalized spacial score (nSPS) is 17.4. The maximum atomic E-state index is 11.8. The monoisotopic (exact) mass is 368 g/mol. The number of ether oxygens (including phenoxy) is 1. The summed E-state index contributed by atoms with van der Waals surface area (Å²) in [5.41, 5.74) is 3.96. The largest absolute Gasteiger partial charge is 0.462 e. The van der Waals surface area contributed by atoms with Crippen molar-refractivity contribution < 1.29 is 9.53 Å². The van der Waals surface area contributed by atoms with Crippen molar-refractivity contribution in [2.75, 3.05) is 6.61 Å². The van der Waals surface area contributed by atoms with Gasteiger partial charge in [0, 0.05) is 9.79 Å². The van der Waals surface area contributed by atoms with Crippen molar-refractivity contribution in [2.45, 2.75) is 68.1 Å². The number of carbonyl (C=O) groups is 1. The third-order valence-corrected chi connectivity index (χ3v) is 6.47. The van der Waals surface area contributed by atoms with E-state index in [-0.39, 0.29) is 16.8 Å². The molecule has 0 radical (unpaired) electrons. The topological polar surface area (TPSA) is 26.3 Å². The van der Waals surface area contributed by atoms with Crippen molar-refractivity contribution in [3.63, 3.8) is 0 Å². The lowest BCUT2D eigenvalue weighted by Crippen LogP contribution is -2.34. The summed E-state index contributed by atoms with van der Waals surface area (Å²) in [5, 5.41) is 0. The molecule has 0 fully saturated rings. The van der Waals surface area contributed by atoms with Gasteiger partial charge in [0.25, 0.3) is 0 Å². The van der Waals surface area contributed by atoms with Crippen LogP contribution in [0.15, 0.2) is 52.3 Å². The van der Waals surface area contributed by atoms with Gasteiger partial charge in [-0.2, -0.15) is 0 Å². The molecule has 2 nitrogen and oxygen atoms in total. The van der Waals surface area contributed by atoms with Gasteiger partial charge in [-0.15, -0.1) is 0 Å². The predicted molar refractivity (Wildman–Crippen MR) is 108 cm³/mol. The van der Waals surface area contributed by atoms with Gasteiger partial charge in [0.15, 0.2) is 0 Å². The lowest BCUT2D eigenvalue weighted by atomic mass is 9.63. The first-order chi connectivity index (χ1) is 12.2. The van der Waals surface area contributed by atoms with Crippen molar-refractivity contribution in [3.05, 3.63) is 59.2 Å². The maximum absolute atomic E-state index is 11.8. The van der Waals surface area contributed by atoms with E-state index in [4.69, 9.17) is 4.74 Å². The van der Waals surface area contributed by atoms with Gasteiger partial charge in [0.2, 0.25) is 0 Å². The Kier molecular flexibility index (Phi) is 5.21. The first-order valence-corrected chi connectivity index (χ1v) is 10.2. The number of rotatable bonds is 4. The summed E-state index contributed by atoms with van der Waals surface area (Å²) in [5.74, 6) is -0.260. The molecule has 0 atom stereocenters. The van der Waals surface area contributed by atoms with Gasteiger partial charge >= 0.3 is 5.97 Å². The Morgan fingerprint density at radius 2 is 1.65 bits per heavy atom. The Balaban J connectivity index is 1.93. The van der Waals surface area contributed by atoms with Gasteiger partial charge in [-0.1, -0.05) is 51.6 Å². The smallest absolute Gasteiger partial charge is 0.338 e. The zero-order valence-electron chi connectivity index (χ0n) is 16.4. The molecule has 0 aliphatic heterocycles. The van der Waals surface area contributed by atoms with Crippen LogP contribution in [0.4, 0.5) is 0 Å². The molecule has 0 N–H and O–H groups in total. The first-order valence-electron chi connectivity index (χ1n) is 9.33. The van der Waals surface area contributed by atoms with Crippen molar-refractivity contribution in [1.29, 1.82) is 0 Å². The van der Waals surface area contributed by atoms with E-state index in [0.29, 0.717) is 12.2 Å². The highest BCUT2D eigenvalue weighted by Gasteiger charge is 2.38. The fraction of sp³-hybridized carbons (Fsp3) is 0.435. The molecular weight excluding hydrogens is 340 g/mol. The van der Waals surface area contributed by atoms with Gasteiger partial charge in [0.05, 0.1) is 12.2 Å². The molecule has 0 amide bonds.